The number of nitrogens with one attached hydrogen (secondary N) is 2. The molecule has 0 saturated heterocycles. The van der Waals surface area contributed by atoms with Crippen LogP contribution in [-0.4, -0.2) is 9.97 Å². The highest BCUT2D eigenvalue weighted by molar-refractivity contribution is 6.11. The van der Waals surface area contributed by atoms with Gasteiger partial charge >= 0.3 is 0 Å². The van der Waals surface area contributed by atoms with E-state index in [-0.39, 0.29) is 10.8 Å². The minimum Gasteiger partial charge on any atom is -0.355 e. The zero-order valence-corrected chi connectivity index (χ0v) is 20.9. The molecule has 0 amide bonds. The maximum absolute atomic E-state index is 3.60. The molecule has 170 valence electrons. The second-order valence-electron chi connectivity index (χ2n) is 11.8. The van der Waals surface area contributed by atoms with Crippen LogP contribution in [0.15, 0.2) is 72.8 Å². The number of fused-ring (bicyclic) bond motifs is 6. The zero-order valence-electron chi connectivity index (χ0n) is 20.9. The minimum atomic E-state index is 0.127. The van der Waals surface area contributed by atoms with Crippen LogP contribution in [0.1, 0.15) is 52.7 Å². The van der Waals surface area contributed by atoms with Gasteiger partial charge in [-0.1, -0.05) is 65.8 Å². The number of hydrogen-bond donors (Lipinski definition) is 2. The lowest BCUT2D eigenvalue weighted by molar-refractivity contribution is 0.591. The Labute approximate surface area is 201 Å². The van der Waals surface area contributed by atoms with Crippen LogP contribution in [0.5, 0.6) is 0 Å². The molecule has 0 bridgehead atoms. The normalized spacial score (nSPS) is 13.0. The summed E-state index contributed by atoms with van der Waals surface area (Å²) in [5.41, 5.74) is 10.2. The fraction of sp³-hybridized carbons (Fsp3) is 0.250. The van der Waals surface area contributed by atoms with E-state index in [2.05, 4.69) is 124 Å². The molecule has 2 aromatic heterocycles. The first-order valence-corrected chi connectivity index (χ1v) is 12.2. The number of benzene rings is 4. The van der Waals surface area contributed by atoms with Crippen LogP contribution in [0.2, 0.25) is 0 Å². The van der Waals surface area contributed by atoms with Crippen molar-refractivity contribution in [3.63, 3.8) is 0 Å². The highest BCUT2D eigenvalue weighted by atomic mass is 14.7. The van der Waals surface area contributed by atoms with Crippen LogP contribution in [-0.2, 0) is 10.8 Å². The van der Waals surface area contributed by atoms with Crippen molar-refractivity contribution >= 4 is 43.6 Å². The predicted octanol–water partition coefficient (Wildman–Crippen LogP) is 9.22. The van der Waals surface area contributed by atoms with Gasteiger partial charge in [0, 0.05) is 43.6 Å². The van der Waals surface area contributed by atoms with Crippen molar-refractivity contribution in [3.8, 4) is 11.1 Å². The van der Waals surface area contributed by atoms with Crippen LogP contribution < -0.4 is 0 Å². The highest BCUT2D eigenvalue weighted by Crippen LogP contribution is 2.36. The summed E-state index contributed by atoms with van der Waals surface area (Å²) in [6.07, 6.45) is 0. The summed E-state index contributed by atoms with van der Waals surface area (Å²) in [5.74, 6) is 0. The SMILES string of the molecule is CC(C)(C)c1ccc2[nH]c3ccc(-c4ccc5[nH]c6ccc(C(C)(C)C)cc6c5c4)cc3c2c1. The molecule has 34 heavy (non-hydrogen) atoms. The second kappa shape index (κ2) is 6.99. The van der Waals surface area contributed by atoms with Crippen molar-refractivity contribution in [2.24, 2.45) is 0 Å². The average Bonchev–Trinajstić information content (AvgIpc) is 3.34. The minimum absolute atomic E-state index is 0.127. The molecule has 0 spiro atoms. The standard InChI is InChI=1S/C32H32N2/c1-31(2,3)21-9-13-29-25(17-21)23-15-19(7-11-27(23)33-29)20-8-12-28-24(16-20)26-18-22(32(4,5)6)10-14-30(26)34-28/h7-18,33-34H,1-6H3. The van der Waals surface area contributed by atoms with E-state index in [0.717, 1.165) is 0 Å². The van der Waals surface area contributed by atoms with Crippen molar-refractivity contribution in [1.29, 1.82) is 0 Å². The third kappa shape index (κ3) is 3.32. The Hall–Kier alpha value is -3.52. The van der Waals surface area contributed by atoms with Crippen LogP contribution >= 0.6 is 0 Å². The molecule has 6 aromatic rings. The van der Waals surface area contributed by atoms with E-state index < -0.39 is 0 Å². The monoisotopic (exact) mass is 444 g/mol. The molecule has 2 heterocycles. The third-order valence-corrected chi connectivity index (χ3v) is 7.26. The Balaban J connectivity index is 1.53. The third-order valence-electron chi connectivity index (χ3n) is 7.26. The van der Waals surface area contributed by atoms with Crippen LogP contribution in [0.25, 0.3) is 54.7 Å². The molecule has 4 aromatic carbocycles. The molecular formula is C32H32N2. The lowest BCUT2D eigenvalue weighted by atomic mass is 9.86. The highest BCUT2D eigenvalue weighted by Gasteiger charge is 2.17. The summed E-state index contributed by atoms with van der Waals surface area (Å²) in [5, 5.41) is 5.17. The molecule has 0 saturated carbocycles. The Morgan fingerprint density at radius 2 is 0.735 bits per heavy atom. The Morgan fingerprint density at radius 3 is 1.09 bits per heavy atom. The summed E-state index contributed by atoms with van der Waals surface area (Å²) in [4.78, 5) is 7.20. The topological polar surface area (TPSA) is 31.6 Å². The molecule has 2 nitrogen and oxygen atoms in total. The largest absolute Gasteiger partial charge is 0.355 e. The molecule has 0 radical (unpaired) electrons. The van der Waals surface area contributed by atoms with Crippen LogP contribution in [0, 0.1) is 0 Å². The number of rotatable bonds is 1. The number of hydrogen-bond acceptors (Lipinski definition) is 0. The van der Waals surface area contributed by atoms with Gasteiger partial charge in [-0.2, -0.15) is 0 Å². The predicted molar refractivity (Wildman–Crippen MR) is 148 cm³/mol. The molecule has 0 fully saturated rings. The summed E-state index contributed by atoms with van der Waals surface area (Å²) >= 11 is 0. The van der Waals surface area contributed by atoms with E-state index in [1.165, 1.54) is 65.9 Å². The fourth-order valence-corrected chi connectivity index (χ4v) is 5.09. The summed E-state index contributed by atoms with van der Waals surface area (Å²) in [7, 11) is 0. The van der Waals surface area contributed by atoms with Gasteiger partial charge in [0.25, 0.3) is 0 Å². The van der Waals surface area contributed by atoms with Crippen molar-refractivity contribution in [1.82, 2.24) is 9.97 Å². The first kappa shape index (κ1) is 21.0. The van der Waals surface area contributed by atoms with Gasteiger partial charge in [-0.25, -0.2) is 0 Å². The van der Waals surface area contributed by atoms with Crippen molar-refractivity contribution in [2.45, 2.75) is 52.4 Å². The van der Waals surface area contributed by atoms with Gasteiger partial charge in [-0.3, -0.25) is 0 Å². The molecule has 2 N–H and O–H groups in total. The van der Waals surface area contributed by atoms with Crippen LogP contribution in [0.3, 0.4) is 0 Å². The van der Waals surface area contributed by atoms with Gasteiger partial charge in [0.15, 0.2) is 0 Å². The maximum Gasteiger partial charge on any atom is 0.0465 e. The van der Waals surface area contributed by atoms with Crippen molar-refractivity contribution in [3.05, 3.63) is 83.9 Å². The molecule has 0 aliphatic carbocycles. The lowest BCUT2D eigenvalue weighted by Gasteiger charge is -2.19. The van der Waals surface area contributed by atoms with E-state index in [1.54, 1.807) is 0 Å². The van der Waals surface area contributed by atoms with Gasteiger partial charge in [0.1, 0.15) is 0 Å². The average molecular weight is 445 g/mol. The molecule has 0 atom stereocenters. The Morgan fingerprint density at radius 1 is 0.412 bits per heavy atom. The first-order valence-electron chi connectivity index (χ1n) is 12.2. The fourth-order valence-electron chi connectivity index (χ4n) is 5.09. The van der Waals surface area contributed by atoms with Gasteiger partial charge in [0.05, 0.1) is 0 Å². The zero-order chi connectivity index (χ0) is 23.8. The molecule has 0 aliphatic heterocycles. The van der Waals surface area contributed by atoms with Gasteiger partial charge in [-0.05, 0) is 81.6 Å². The number of aromatic nitrogens is 2. The van der Waals surface area contributed by atoms with E-state index in [1.807, 2.05) is 0 Å². The first-order chi connectivity index (χ1) is 16.1. The summed E-state index contributed by atoms with van der Waals surface area (Å²) in [6.45, 7) is 13.6. The number of aromatic amines is 2. The maximum atomic E-state index is 3.60. The smallest absolute Gasteiger partial charge is 0.0465 e. The second-order valence-corrected chi connectivity index (χ2v) is 11.8. The van der Waals surface area contributed by atoms with E-state index >= 15 is 0 Å². The van der Waals surface area contributed by atoms with E-state index in [0.29, 0.717) is 0 Å². The van der Waals surface area contributed by atoms with Gasteiger partial charge < -0.3 is 9.97 Å². The Kier molecular flexibility index (Phi) is 4.33. The molecule has 2 heteroatoms. The summed E-state index contributed by atoms with van der Waals surface area (Å²) < 4.78 is 0. The quantitative estimate of drug-likeness (QED) is 0.253. The Bertz CT molecular complexity index is 1580. The lowest BCUT2D eigenvalue weighted by Crippen LogP contribution is -2.10. The van der Waals surface area contributed by atoms with Gasteiger partial charge in [0.2, 0.25) is 0 Å². The summed E-state index contributed by atoms with van der Waals surface area (Å²) in [6, 6.07) is 27.2. The number of H-pyrrole nitrogens is 2. The van der Waals surface area contributed by atoms with E-state index in [4.69, 9.17) is 0 Å². The van der Waals surface area contributed by atoms with E-state index in [9.17, 15) is 0 Å². The molecule has 0 aliphatic rings. The molecule has 6 rings (SSSR count). The van der Waals surface area contributed by atoms with Crippen molar-refractivity contribution < 1.29 is 0 Å². The van der Waals surface area contributed by atoms with Crippen LogP contribution in [0.4, 0.5) is 0 Å². The van der Waals surface area contributed by atoms with Gasteiger partial charge in [-0.15, -0.1) is 0 Å². The molecular weight excluding hydrogens is 412 g/mol. The molecule has 0 unspecified atom stereocenters. The van der Waals surface area contributed by atoms with Crippen molar-refractivity contribution in [2.75, 3.05) is 0 Å².